The molecule has 1 fully saturated rings. The van der Waals surface area contributed by atoms with E-state index < -0.39 is 5.92 Å². The minimum atomic E-state index is -0.483. The first-order valence-electron chi connectivity index (χ1n) is 12.1. The van der Waals surface area contributed by atoms with Gasteiger partial charge in [-0.1, -0.05) is 37.7 Å². The lowest BCUT2D eigenvalue weighted by molar-refractivity contribution is -0.118. The molecule has 0 amide bonds. The number of thioether (sulfide) groups is 1. The predicted molar refractivity (Wildman–Crippen MR) is 136 cm³/mol. The van der Waals surface area contributed by atoms with Crippen LogP contribution in [0, 0.1) is 5.41 Å². The zero-order chi connectivity index (χ0) is 24.6. The molecule has 5 rings (SSSR count). The number of carbonyl (C=O) groups excluding carboxylic acids is 1. The van der Waals surface area contributed by atoms with Crippen molar-refractivity contribution in [2.24, 2.45) is 5.41 Å². The summed E-state index contributed by atoms with van der Waals surface area (Å²) >= 11 is 1.54. The van der Waals surface area contributed by atoms with Gasteiger partial charge in [-0.3, -0.25) is 14.5 Å². The Morgan fingerprint density at radius 2 is 2.03 bits per heavy atom. The van der Waals surface area contributed by atoms with Crippen molar-refractivity contribution in [3.63, 3.8) is 0 Å². The quantitative estimate of drug-likeness (QED) is 0.464. The number of aromatic nitrogens is 2. The number of Topliss-reactive ketones (excluding diaryl/α,β-unsaturated/α-hetero) is 1. The zero-order valence-electron chi connectivity index (χ0n) is 20.5. The number of fused-ring (bicyclic) bond motifs is 1. The average Bonchev–Trinajstić information content (AvgIpc) is 2.82. The molecule has 0 spiro atoms. The maximum absolute atomic E-state index is 13.5. The minimum Gasteiger partial charge on any atom is -0.497 e. The van der Waals surface area contributed by atoms with Gasteiger partial charge in [-0.25, -0.2) is 4.98 Å². The molecule has 1 saturated heterocycles. The van der Waals surface area contributed by atoms with Crippen molar-refractivity contribution in [1.29, 1.82) is 0 Å². The molecule has 3 aliphatic rings. The summed E-state index contributed by atoms with van der Waals surface area (Å²) in [6.45, 7) is 8.50. The number of nitrogens with zero attached hydrogens (tertiary/aromatic N) is 2. The lowest BCUT2D eigenvalue weighted by atomic mass is 9.69. The number of allylic oxidation sites excluding steroid dienone is 2. The molecule has 2 aromatic rings. The van der Waals surface area contributed by atoms with Crippen molar-refractivity contribution in [1.82, 2.24) is 14.9 Å². The van der Waals surface area contributed by atoms with Gasteiger partial charge in [-0.2, -0.15) is 0 Å². The van der Waals surface area contributed by atoms with Crippen LogP contribution in [0.3, 0.4) is 0 Å². The zero-order valence-corrected chi connectivity index (χ0v) is 21.3. The first-order chi connectivity index (χ1) is 16.8. The van der Waals surface area contributed by atoms with Gasteiger partial charge in [0.05, 0.1) is 25.9 Å². The number of hydrogen-bond acceptors (Lipinski definition) is 8. The summed E-state index contributed by atoms with van der Waals surface area (Å²) in [7, 11) is 1.61. The number of anilines is 1. The second-order valence-electron chi connectivity index (χ2n) is 10.1. The molecule has 186 valence electrons. The fraction of sp³-hybridized carbons (Fsp3) is 0.500. The number of ether oxygens (including phenoxy) is 2. The third kappa shape index (κ3) is 5.03. The van der Waals surface area contributed by atoms with Crippen molar-refractivity contribution in [2.75, 3.05) is 51.0 Å². The van der Waals surface area contributed by atoms with E-state index in [1.54, 1.807) is 18.9 Å². The van der Waals surface area contributed by atoms with E-state index in [-0.39, 0.29) is 16.8 Å². The monoisotopic (exact) mass is 496 g/mol. The number of hydrogen-bond donors (Lipinski definition) is 2. The van der Waals surface area contributed by atoms with Gasteiger partial charge in [0.25, 0.3) is 5.56 Å². The third-order valence-corrected chi connectivity index (χ3v) is 7.73. The van der Waals surface area contributed by atoms with Gasteiger partial charge in [-0.15, -0.1) is 0 Å². The molecule has 0 saturated carbocycles. The van der Waals surface area contributed by atoms with Crippen LogP contribution in [-0.4, -0.2) is 66.4 Å². The summed E-state index contributed by atoms with van der Waals surface area (Å²) in [5.41, 5.74) is 2.51. The van der Waals surface area contributed by atoms with Crippen LogP contribution in [-0.2, 0) is 9.53 Å². The lowest BCUT2D eigenvalue weighted by Crippen LogP contribution is -2.37. The third-order valence-electron chi connectivity index (χ3n) is 6.88. The largest absolute Gasteiger partial charge is 0.497 e. The van der Waals surface area contributed by atoms with E-state index in [1.807, 2.05) is 24.3 Å². The van der Waals surface area contributed by atoms with Crippen LogP contribution in [0.15, 0.2) is 45.5 Å². The highest BCUT2D eigenvalue weighted by Gasteiger charge is 2.42. The van der Waals surface area contributed by atoms with Gasteiger partial charge in [0.2, 0.25) is 0 Å². The van der Waals surface area contributed by atoms with Crippen molar-refractivity contribution in [3.05, 3.63) is 57.0 Å². The molecule has 2 N–H and O–H groups in total. The number of aromatic amines is 1. The Bertz CT molecular complexity index is 1220. The molecule has 3 heterocycles. The molecule has 8 nitrogen and oxygen atoms in total. The van der Waals surface area contributed by atoms with Crippen LogP contribution in [0.1, 0.15) is 43.7 Å². The topological polar surface area (TPSA) is 96.5 Å². The molecule has 1 aromatic heterocycles. The van der Waals surface area contributed by atoms with Gasteiger partial charge in [0.1, 0.15) is 11.6 Å². The van der Waals surface area contributed by atoms with Gasteiger partial charge < -0.3 is 19.8 Å². The average molecular weight is 497 g/mol. The summed E-state index contributed by atoms with van der Waals surface area (Å²) in [5, 5.41) is 3.98. The van der Waals surface area contributed by atoms with E-state index in [9.17, 15) is 9.59 Å². The number of rotatable bonds is 6. The van der Waals surface area contributed by atoms with E-state index >= 15 is 0 Å². The van der Waals surface area contributed by atoms with Crippen molar-refractivity contribution >= 4 is 23.4 Å². The Morgan fingerprint density at radius 1 is 1.23 bits per heavy atom. The maximum atomic E-state index is 13.5. The standard InChI is InChI=1S/C26H32N4O4S/c1-26(2)14-18-21(19(31)15-26)20(16-5-4-6-17(13-16)33-3)22-23(27-18)28-25(29-24(22)32)35-12-9-30-7-10-34-11-8-30/h4-6,13,20H,7-12,14-15H2,1-3H3,(H2,27,28,29,32)/t20-/m1/s1. The van der Waals surface area contributed by atoms with Gasteiger partial charge in [-0.05, 0) is 29.5 Å². The lowest BCUT2D eigenvalue weighted by Gasteiger charge is -2.38. The molecule has 9 heteroatoms. The second kappa shape index (κ2) is 9.79. The van der Waals surface area contributed by atoms with Crippen molar-refractivity contribution in [2.45, 2.75) is 37.8 Å². The summed E-state index contributed by atoms with van der Waals surface area (Å²) in [4.78, 5) is 37.0. The van der Waals surface area contributed by atoms with E-state index in [4.69, 9.17) is 14.5 Å². The smallest absolute Gasteiger partial charge is 0.257 e. The Balaban J connectivity index is 1.50. The number of H-pyrrole nitrogens is 1. The van der Waals surface area contributed by atoms with Gasteiger partial charge in [0, 0.05) is 49.0 Å². The molecule has 2 aliphatic heterocycles. The molecule has 0 radical (unpaired) electrons. The van der Waals surface area contributed by atoms with E-state index in [0.29, 0.717) is 34.3 Å². The van der Waals surface area contributed by atoms with Crippen LogP contribution in [0.2, 0.25) is 0 Å². The molecule has 1 aliphatic carbocycles. The molecular formula is C26H32N4O4S. The van der Waals surface area contributed by atoms with E-state index in [1.165, 1.54) is 0 Å². The number of ketones is 1. The Morgan fingerprint density at radius 3 is 2.80 bits per heavy atom. The van der Waals surface area contributed by atoms with Crippen LogP contribution < -0.4 is 15.6 Å². The Hall–Kier alpha value is -2.62. The molecule has 0 unspecified atom stereocenters. The molecule has 1 atom stereocenters. The maximum Gasteiger partial charge on any atom is 0.257 e. The Kier molecular flexibility index (Phi) is 6.74. The highest BCUT2D eigenvalue weighted by atomic mass is 32.2. The summed E-state index contributed by atoms with van der Waals surface area (Å²) in [6.07, 6.45) is 1.17. The summed E-state index contributed by atoms with van der Waals surface area (Å²) < 4.78 is 10.9. The molecule has 35 heavy (non-hydrogen) atoms. The summed E-state index contributed by atoms with van der Waals surface area (Å²) in [6, 6.07) is 7.61. The number of carbonyl (C=O) groups is 1. The highest BCUT2D eigenvalue weighted by Crippen LogP contribution is 2.48. The number of benzene rings is 1. The number of morpholine rings is 1. The molecular weight excluding hydrogens is 464 g/mol. The van der Waals surface area contributed by atoms with Crippen LogP contribution in [0.4, 0.5) is 5.82 Å². The Labute approximate surface area is 209 Å². The van der Waals surface area contributed by atoms with E-state index in [2.05, 4.69) is 29.0 Å². The first-order valence-corrected chi connectivity index (χ1v) is 13.1. The highest BCUT2D eigenvalue weighted by molar-refractivity contribution is 7.99. The first kappa shape index (κ1) is 24.1. The van der Waals surface area contributed by atoms with Crippen molar-refractivity contribution in [3.8, 4) is 5.75 Å². The van der Waals surface area contributed by atoms with Gasteiger partial charge >= 0.3 is 0 Å². The number of nitrogens with one attached hydrogen (secondary N) is 2. The fourth-order valence-electron chi connectivity index (χ4n) is 5.21. The number of methoxy groups -OCH3 is 1. The normalized spacial score (nSPS) is 21.8. The molecule has 1 aromatic carbocycles. The molecule has 0 bridgehead atoms. The van der Waals surface area contributed by atoms with Crippen LogP contribution in [0.25, 0.3) is 0 Å². The van der Waals surface area contributed by atoms with Gasteiger partial charge in [0.15, 0.2) is 10.9 Å². The van der Waals surface area contributed by atoms with Crippen molar-refractivity contribution < 1.29 is 14.3 Å². The van der Waals surface area contributed by atoms with Crippen LogP contribution in [0.5, 0.6) is 5.75 Å². The fourth-order valence-corrected chi connectivity index (χ4v) is 6.08. The van der Waals surface area contributed by atoms with E-state index in [0.717, 1.165) is 56.3 Å². The second-order valence-corrected chi connectivity index (χ2v) is 11.2. The minimum absolute atomic E-state index is 0.0746. The SMILES string of the molecule is COc1cccc([C@@H]2C3=C(CC(C)(C)CC3=O)Nc3nc(SCCN4CCOCC4)[nH]c(=O)c32)c1. The predicted octanol–water partition coefficient (Wildman–Crippen LogP) is 3.40. The van der Waals surface area contributed by atoms with Crippen LogP contribution >= 0.6 is 11.8 Å². The summed E-state index contributed by atoms with van der Waals surface area (Å²) in [5.74, 6) is 1.64.